The largest absolute Gasteiger partial charge is 0.870 e. The van der Waals surface area contributed by atoms with E-state index in [1.165, 1.54) is 24.3 Å². The van der Waals surface area contributed by atoms with E-state index in [9.17, 15) is 14.3 Å². The van der Waals surface area contributed by atoms with Gasteiger partial charge in [0.25, 0.3) is 0 Å². The highest BCUT2D eigenvalue weighted by Gasteiger charge is 2.20. The Balaban J connectivity index is 2.06. The zero-order chi connectivity index (χ0) is 15.4. The average Bonchev–Trinajstić information content (AvgIpc) is 2.49. The van der Waals surface area contributed by atoms with E-state index in [0.717, 1.165) is 0 Å². The Bertz CT molecular complexity index is 1010. The summed E-state index contributed by atoms with van der Waals surface area (Å²) in [6.07, 6.45) is 0. The predicted molar refractivity (Wildman–Crippen MR) is 76.9 cm³/mol. The van der Waals surface area contributed by atoms with E-state index in [0.29, 0.717) is 22.3 Å². The van der Waals surface area contributed by atoms with Gasteiger partial charge in [-0.25, -0.2) is 4.39 Å². The van der Waals surface area contributed by atoms with Crippen LogP contribution in [0.4, 0.5) is 4.39 Å². The van der Waals surface area contributed by atoms with Crippen molar-refractivity contribution in [2.24, 2.45) is 0 Å². The third kappa shape index (κ3) is 1.72. The van der Waals surface area contributed by atoms with Crippen molar-refractivity contribution in [3.63, 3.8) is 0 Å². The lowest BCUT2D eigenvalue weighted by atomic mass is 10.0. The second-order valence-electron chi connectivity index (χ2n) is 5.00. The molecule has 0 radical (unpaired) electrons. The third-order valence-corrected chi connectivity index (χ3v) is 3.55. The van der Waals surface area contributed by atoms with Crippen LogP contribution in [0.1, 0.15) is 5.56 Å². The molecule has 0 saturated carbocycles. The first kappa shape index (κ1) is 12.6. The van der Waals surface area contributed by atoms with Gasteiger partial charge in [-0.15, -0.1) is 0 Å². The summed E-state index contributed by atoms with van der Waals surface area (Å²) in [6, 6.07) is 9.21. The SMILES string of the molecule is C=C1Oc2cc3oc4cc(=O)ccc-4cc3cc2C([O-])=C1F. The van der Waals surface area contributed by atoms with Gasteiger partial charge < -0.3 is 14.3 Å². The van der Waals surface area contributed by atoms with Crippen molar-refractivity contribution in [2.75, 3.05) is 0 Å². The van der Waals surface area contributed by atoms with Gasteiger partial charge in [0.15, 0.2) is 17.0 Å². The Kier molecular flexibility index (Phi) is 2.42. The van der Waals surface area contributed by atoms with Crippen molar-refractivity contribution in [2.45, 2.75) is 0 Å². The van der Waals surface area contributed by atoms with Crippen LogP contribution in [0.2, 0.25) is 0 Å². The molecule has 5 heteroatoms. The molecule has 4 rings (SSSR count). The van der Waals surface area contributed by atoms with Crippen LogP contribution in [-0.4, -0.2) is 0 Å². The molecule has 0 unspecified atom stereocenters. The fraction of sp³-hybridized carbons (Fsp3) is 0. The Morgan fingerprint density at radius 3 is 2.77 bits per heavy atom. The topological polar surface area (TPSA) is 62.5 Å². The van der Waals surface area contributed by atoms with Crippen LogP contribution in [0.15, 0.2) is 63.8 Å². The molecule has 2 heterocycles. The second kappa shape index (κ2) is 4.21. The van der Waals surface area contributed by atoms with Crippen LogP contribution in [0.25, 0.3) is 28.1 Å². The number of ether oxygens (including phenoxy) is 1. The quantitative estimate of drug-likeness (QED) is 0.598. The lowest BCUT2D eigenvalue weighted by Gasteiger charge is -2.25. The van der Waals surface area contributed by atoms with Crippen LogP contribution in [0.5, 0.6) is 5.75 Å². The maximum atomic E-state index is 13.6. The lowest BCUT2D eigenvalue weighted by molar-refractivity contribution is -0.246. The third-order valence-electron chi connectivity index (χ3n) is 3.55. The minimum atomic E-state index is -0.999. The van der Waals surface area contributed by atoms with E-state index in [1.54, 1.807) is 12.1 Å². The number of hydrogen-bond acceptors (Lipinski definition) is 4. The van der Waals surface area contributed by atoms with Gasteiger partial charge in [0.1, 0.15) is 17.1 Å². The number of allylic oxidation sites excluding steroid dienone is 1. The summed E-state index contributed by atoms with van der Waals surface area (Å²) in [6.45, 7) is 3.36. The Morgan fingerprint density at radius 1 is 1.14 bits per heavy atom. The molecule has 4 nitrogen and oxygen atoms in total. The van der Waals surface area contributed by atoms with Crippen molar-refractivity contribution in [3.05, 3.63) is 70.3 Å². The summed E-state index contributed by atoms with van der Waals surface area (Å²) in [5.74, 6) is -1.47. The number of benzene rings is 2. The van der Waals surface area contributed by atoms with Gasteiger partial charge in [-0.2, -0.15) is 0 Å². The van der Waals surface area contributed by atoms with E-state index >= 15 is 0 Å². The van der Waals surface area contributed by atoms with E-state index < -0.39 is 11.6 Å². The minimum Gasteiger partial charge on any atom is -0.870 e. The molecule has 0 atom stereocenters. The fourth-order valence-corrected chi connectivity index (χ4v) is 2.47. The molecule has 0 bridgehead atoms. The molecule has 0 saturated heterocycles. The number of fused-ring (bicyclic) bond motifs is 3. The number of hydrogen-bond donors (Lipinski definition) is 0. The monoisotopic (exact) mass is 295 g/mol. The van der Waals surface area contributed by atoms with Crippen molar-refractivity contribution >= 4 is 16.7 Å². The van der Waals surface area contributed by atoms with E-state index in [1.807, 2.05) is 0 Å². The summed E-state index contributed by atoms with van der Waals surface area (Å²) in [4.78, 5) is 11.4. The van der Waals surface area contributed by atoms with Gasteiger partial charge in [-0.05, 0) is 24.3 Å². The van der Waals surface area contributed by atoms with Crippen molar-refractivity contribution in [1.29, 1.82) is 0 Å². The zero-order valence-electron chi connectivity index (χ0n) is 11.2. The summed E-state index contributed by atoms with van der Waals surface area (Å²) in [7, 11) is 0. The Labute approximate surface area is 123 Å². The maximum Gasteiger partial charge on any atom is 0.182 e. The predicted octanol–water partition coefficient (Wildman–Crippen LogP) is 2.80. The van der Waals surface area contributed by atoms with Gasteiger partial charge in [0, 0.05) is 28.6 Å². The van der Waals surface area contributed by atoms with E-state index in [-0.39, 0.29) is 22.5 Å². The van der Waals surface area contributed by atoms with Crippen LogP contribution in [-0.2, 0) is 0 Å². The smallest absolute Gasteiger partial charge is 0.182 e. The summed E-state index contributed by atoms with van der Waals surface area (Å²) in [5, 5.41) is 12.6. The highest BCUT2D eigenvalue weighted by molar-refractivity contribution is 5.88. The van der Waals surface area contributed by atoms with Crippen LogP contribution in [0.3, 0.4) is 0 Å². The van der Waals surface area contributed by atoms with Crippen molar-refractivity contribution < 1.29 is 18.7 Å². The molecule has 2 aliphatic heterocycles. The molecule has 108 valence electrons. The van der Waals surface area contributed by atoms with Gasteiger partial charge in [-0.1, -0.05) is 12.3 Å². The van der Waals surface area contributed by atoms with Crippen LogP contribution < -0.4 is 15.3 Å². The average molecular weight is 295 g/mol. The fourth-order valence-electron chi connectivity index (χ4n) is 2.47. The molecule has 0 aromatic heterocycles. The molecule has 1 aromatic rings. The Hall–Kier alpha value is -3.08. The molecule has 22 heavy (non-hydrogen) atoms. The highest BCUT2D eigenvalue weighted by atomic mass is 19.1. The van der Waals surface area contributed by atoms with E-state index in [4.69, 9.17) is 9.15 Å². The van der Waals surface area contributed by atoms with Crippen molar-refractivity contribution in [1.82, 2.24) is 0 Å². The first-order chi connectivity index (χ1) is 10.5. The van der Waals surface area contributed by atoms with E-state index in [2.05, 4.69) is 6.58 Å². The van der Waals surface area contributed by atoms with Gasteiger partial charge in [0.05, 0.1) is 0 Å². The molecule has 1 aromatic carbocycles. The lowest BCUT2D eigenvalue weighted by Crippen LogP contribution is -2.14. The summed E-state index contributed by atoms with van der Waals surface area (Å²) < 4.78 is 24.5. The standard InChI is InChI=1S/C17H9FO4/c1-8-16(18)17(20)12-5-10-4-9-2-3-11(19)6-13(9)22-14(10)7-15(12)21-8/h2-7,20H,1H2/p-1. The van der Waals surface area contributed by atoms with Gasteiger partial charge in [-0.3, -0.25) is 4.79 Å². The molecule has 0 amide bonds. The normalized spacial score (nSPS) is 14.3. The molecule has 0 N–H and O–H groups in total. The zero-order valence-corrected chi connectivity index (χ0v) is 11.2. The van der Waals surface area contributed by atoms with Gasteiger partial charge >= 0.3 is 0 Å². The van der Waals surface area contributed by atoms with Crippen LogP contribution in [0, 0.1) is 0 Å². The first-order valence-electron chi connectivity index (χ1n) is 6.49. The minimum absolute atomic E-state index is 0.118. The maximum absolute atomic E-state index is 13.6. The number of rotatable bonds is 0. The summed E-state index contributed by atoms with van der Waals surface area (Å²) in [5.41, 5.74) is 1.10. The first-order valence-corrected chi connectivity index (χ1v) is 6.49. The molecular formula is C17H8FO4-. The molecule has 0 spiro atoms. The Morgan fingerprint density at radius 2 is 1.95 bits per heavy atom. The summed E-state index contributed by atoms with van der Waals surface area (Å²) >= 11 is 0. The van der Waals surface area contributed by atoms with Crippen LogP contribution >= 0.6 is 0 Å². The van der Waals surface area contributed by atoms with Gasteiger partial charge in [0.2, 0.25) is 0 Å². The number of halogens is 1. The molecule has 3 aliphatic rings. The highest BCUT2D eigenvalue weighted by Crippen LogP contribution is 2.39. The molecule has 1 aliphatic carbocycles. The molecular weight excluding hydrogens is 287 g/mol. The second-order valence-corrected chi connectivity index (χ2v) is 5.00. The molecule has 0 fully saturated rings. The van der Waals surface area contributed by atoms with Crippen molar-refractivity contribution in [3.8, 4) is 17.1 Å².